The highest BCUT2D eigenvalue weighted by Crippen LogP contribution is 2.70. The normalized spacial score (nSPS) is 58.7. The minimum atomic E-state index is -3.68. The van der Waals surface area contributed by atoms with Gasteiger partial charge in [-0.3, -0.25) is 14.4 Å². The number of hydrogen-bond acceptors (Lipinski definition) is 7. The van der Waals surface area contributed by atoms with Crippen LogP contribution in [-0.2, 0) is 28.6 Å². The second-order valence-corrected chi connectivity index (χ2v) is 13.6. The summed E-state index contributed by atoms with van der Waals surface area (Å²) in [4.78, 5) is 40.2. The number of carbonyl (C=O) groups is 3. The third-order valence-electron chi connectivity index (χ3n) is 11.5. The predicted molar refractivity (Wildman–Crippen MR) is 157 cm³/mol. The lowest BCUT2D eigenvalue weighted by Crippen LogP contribution is -2.64. The van der Waals surface area contributed by atoms with Crippen LogP contribution >= 0.6 is 0 Å². The van der Waals surface area contributed by atoms with Crippen molar-refractivity contribution in [3.05, 3.63) is 23.3 Å². The van der Waals surface area contributed by atoms with Gasteiger partial charge in [0.25, 0.3) is 0 Å². The van der Waals surface area contributed by atoms with Crippen molar-refractivity contribution in [1.29, 1.82) is 0 Å². The highest BCUT2D eigenvalue weighted by molar-refractivity contribution is 6.05. The van der Waals surface area contributed by atoms with Gasteiger partial charge in [-0.15, -0.1) is 0 Å². The fourth-order valence-electron chi connectivity index (χ4n) is 9.16. The van der Waals surface area contributed by atoms with Crippen LogP contribution in [0.25, 0.3) is 0 Å². The number of aliphatic hydroxyl groups excluding tert-OH is 1. The van der Waals surface area contributed by atoms with Crippen LogP contribution < -0.4 is 0 Å². The van der Waals surface area contributed by atoms with E-state index in [4.69, 9.17) is 26.5 Å². The van der Waals surface area contributed by atoms with Gasteiger partial charge >= 0.3 is 5.97 Å². The molecular weight excluding hydrogens is 532 g/mol. The molecule has 0 radical (unpaired) electrons. The van der Waals surface area contributed by atoms with Crippen LogP contribution in [0.5, 0.6) is 0 Å². The van der Waals surface area contributed by atoms with E-state index < -0.39 is 96.5 Å². The molecule has 7 nitrogen and oxygen atoms in total. The quantitative estimate of drug-likeness (QED) is 0.393. The van der Waals surface area contributed by atoms with E-state index in [2.05, 4.69) is 0 Å². The van der Waals surface area contributed by atoms with E-state index in [9.17, 15) is 20.9 Å². The van der Waals surface area contributed by atoms with Crippen molar-refractivity contribution in [1.82, 2.24) is 0 Å². The average Bonchev–Trinajstić information content (AvgIpc) is 3.55. The molecule has 6 rings (SSSR count). The lowest BCUT2D eigenvalue weighted by atomic mass is 9.46. The summed E-state index contributed by atoms with van der Waals surface area (Å²) in [7, 11) is 0. The van der Waals surface area contributed by atoms with Crippen LogP contribution in [-0.4, -0.2) is 53.3 Å². The Bertz CT molecular complexity index is 1610. The zero-order valence-electron chi connectivity index (χ0n) is 35.3. The summed E-state index contributed by atoms with van der Waals surface area (Å²) in [5.41, 5.74) is -2.62. The smallest absolute Gasteiger partial charge is 0.309 e. The maximum Gasteiger partial charge on any atom is 0.309 e. The van der Waals surface area contributed by atoms with Gasteiger partial charge in [0.2, 0.25) is 5.78 Å². The number of hydrogen-bond donors (Lipinski definition) is 1. The number of fused-ring (bicyclic) bond motifs is 7. The Morgan fingerprint density at radius 2 is 2.02 bits per heavy atom. The molecule has 5 aliphatic carbocycles. The Labute approximate surface area is 264 Å². The maximum atomic E-state index is 14.7. The van der Waals surface area contributed by atoms with Gasteiger partial charge in [0.1, 0.15) is 0 Å². The van der Waals surface area contributed by atoms with Gasteiger partial charge in [0.15, 0.2) is 24.3 Å². The van der Waals surface area contributed by atoms with Gasteiger partial charge in [-0.25, -0.2) is 0 Å². The molecule has 0 bridgehead atoms. The molecule has 0 aromatic rings. The largest absolute Gasteiger partial charge is 0.457 e. The van der Waals surface area contributed by atoms with Gasteiger partial charge in [-0.05, 0) is 74.8 Å². The Balaban J connectivity index is 1.47. The molecule has 0 amide bonds. The molecule has 6 aliphatic rings. The Morgan fingerprint density at radius 1 is 1.29 bits per heavy atom. The molecule has 1 heterocycles. The van der Waals surface area contributed by atoms with Crippen molar-refractivity contribution in [2.24, 2.45) is 46.3 Å². The molecule has 1 aliphatic heterocycles. The summed E-state index contributed by atoms with van der Waals surface area (Å²) in [6.07, 6.45) is -13.8. The second kappa shape index (κ2) is 10.7. The predicted octanol–water partition coefficient (Wildman–Crippen LogP) is 5.73. The third-order valence-corrected chi connectivity index (χ3v) is 11.5. The molecule has 4 saturated carbocycles. The Morgan fingerprint density at radius 3 is 2.76 bits per heavy atom. The molecular formula is C35H50O7. The van der Waals surface area contributed by atoms with Gasteiger partial charge in [-0.2, -0.15) is 0 Å². The second-order valence-electron chi connectivity index (χ2n) is 13.6. The van der Waals surface area contributed by atoms with E-state index in [0.29, 0.717) is 24.8 Å². The van der Waals surface area contributed by atoms with Crippen molar-refractivity contribution in [2.45, 2.75) is 123 Å². The zero-order chi connectivity index (χ0) is 39.2. The van der Waals surface area contributed by atoms with Crippen LogP contribution in [0.4, 0.5) is 0 Å². The van der Waals surface area contributed by atoms with E-state index in [1.165, 1.54) is 0 Å². The molecule has 7 heteroatoms. The summed E-state index contributed by atoms with van der Waals surface area (Å²) in [6, 6.07) is 0. The van der Waals surface area contributed by atoms with Crippen LogP contribution in [0.1, 0.15) is 113 Å². The lowest BCUT2D eigenvalue weighted by molar-refractivity contribution is -0.213. The van der Waals surface area contributed by atoms with Crippen molar-refractivity contribution in [3.8, 4) is 0 Å². The van der Waals surface area contributed by atoms with E-state index in [-0.39, 0.29) is 36.4 Å². The number of ketones is 2. The van der Waals surface area contributed by atoms with Crippen LogP contribution in [0, 0.1) is 46.3 Å². The maximum absolute atomic E-state index is 14.7. The minimum Gasteiger partial charge on any atom is -0.457 e. The number of aliphatic hydroxyl groups is 1. The summed E-state index contributed by atoms with van der Waals surface area (Å²) in [5, 5.41) is 12.1. The molecule has 232 valence electrons. The number of ether oxygens (including phenoxy) is 3. The number of allylic oxidation sites excluding steroid dienone is 4. The van der Waals surface area contributed by atoms with Gasteiger partial charge in [-0.1, -0.05) is 65.4 Å². The molecule has 0 spiro atoms. The number of Topliss-reactive ketones (excluding diaryl/α,β-unsaturated/α-hetero) is 1. The number of esters is 1. The van der Waals surface area contributed by atoms with E-state index in [1.54, 1.807) is 33.8 Å². The van der Waals surface area contributed by atoms with Gasteiger partial charge < -0.3 is 19.3 Å². The molecule has 12 atom stereocenters. The van der Waals surface area contributed by atoms with Gasteiger partial charge in [0.05, 0.1) is 18.1 Å². The standard InChI is InChI=1S/C35H50O7/c1-7-19(2)31(39)40-18-28(38)35-29(41-32(42-35)23-11-9-8-10-20(23)3)15-25-24-13-12-22-14-26(36)21(4)16-33(22,5)30(24)27(37)17-34(25,35)6/h14,16,19-20,23-25,27,29-30,32,37H,7-13,15,17-18H2,1-6H3/t19?,20?,23?,24-,25-,27-,29+,30+,32+,33-,34-,35+/m0/s1/i8D2,9D2,10D2,11D2,20D,23D. The first kappa shape index (κ1) is 20.2. The molecule has 3 unspecified atom stereocenters. The highest BCUT2D eigenvalue weighted by Gasteiger charge is 2.76. The Hall–Kier alpha value is -1.83. The van der Waals surface area contributed by atoms with Crippen LogP contribution in [0.3, 0.4) is 0 Å². The molecule has 0 aromatic heterocycles. The minimum absolute atomic E-state index is 0.0552. The van der Waals surface area contributed by atoms with Crippen molar-refractivity contribution in [3.63, 3.8) is 0 Å². The fourth-order valence-corrected chi connectivity index (χ4v) is 9.16. The first-order valence-electron chi connectivity index (χ1n) is 20.3. The van der Waals surface area contributed by atoms with E-state index >= 15 is 0 Å². The van der Waals surface area contributed by atoms with Gasteiger partial charge in [0, 0.05) is 36.3 Å². The molecule has 5 fully saturated rings. The van der Waals surface area contributed by atoms with E-state index in [1.807, 2.05) is 13.0 Å². The van der Waals surface area contributed by atoms with Crippen molar-refractivity contribution >= 4 is 17.5 Å². The summed E-state index contributed by atoms with van der Waals surface area (Å²) in [6.45, 7) is 8.89. The average molecular weight is 593 g/mol. The van der Waals surface area contributed by atoms with Crippen LogP contribution in [0.15, 0.2) is 23.3 Å². The summed E-state index contributed by atoms with van der Waals surface area (Å²) in [5.74, 6) is -9.43. The summed E-state index contributed by atoms with van der Waals surface area (Å²) < 4.78 is 106. The molecule has 42 heavy (non-hydrogen) atoms. The topological polar surface area (TPSA) is 99.1 Å². The lowest BCUT2D eigenvalue weighted by Gasteiger charge is -2.60. The van der Waals surface area contributed by atoms with Crippen LogP contribution in [0.2, 0.25) is 0 Å². The summed E-state index contributed by atoms with van der Waals surface area (Å²) >= 11 is 0. The monoisotopic (exact) mass is 592 g/mol. The third kappa shape index (κ3) is 4.27. The van der Waals surface area contributed by atoms with Crippen molar-refractivity contribution in [2.75, 3.05) is 6.61 Å². The zero-order valence-corrected chi connectivity index (χ0v) is 25.3. The first-order valence-corrected chi connectivity index (χ1v) is 15.3. The molecule has 1 saturated heterocycles. The SMILES string of the molecule is [2H]C1([2H])C([2H])([2H])C([2H])([2H])C([2H])([C@@H]2O[C@@H]3C[C@H]4[C@@H]5CCC6=CC(=O)C(C)=C[C@]6(C)[C@H]5[C@@H](O)C[C@]4(C)[C@]3(C(=O)COC(=O)C(C)CC)O2)C([2H])(C)C1([2H])[2H]. The number of carbonyl (C=O) groups excluding carboxylic acids is 3. The van der Waals surface area contributed by atoms with E-state index in [0.717, 1.165) is 12.5 Å². The fraction of sp³-hybridized carbons (Fsp3) is 0.800. The highest BCUT2D eigenvalue weighted by atomic mass is 16.7. The van der Waals surface area contributed by atoms with Crippen molar-refractivity contribution < 1.29 is 47.4 Å². The molecule has 1 N–H and O–H groups in total. The Kier molecular flexibility index (Phi) is 5.14. The molecule has 0 aromatic carbocycles. The number of rotatable bonds is 6. The first-order chi connectivity index (χ1) is 23.6.